The van der Waals surface area contributed by atoms with Crippen LogP contribution in [-0.4, -0.2) is 6.04 Å². The fourth-order valence-corrected chi connectivity index (χ4v) is 2.00. The van der Waals surface area contributed by atoms with E-state index in [2.05, 4.69) is 23.5 Å². The van der Waals surface area contributed by atoms with E-state index in [1.807, 2.05) is 42.5 Å². The first kappa shape index (κ1) is 13.5. The van der Waals surface area contributed by atoms with Crippen LogP contribution >= 0.6 is 11.6 Å². The van der Waals surface area contributed by atoms with Crippen molar-refractivity contribution in [2.24, 2.45) is 0 Å². The Kier molecular flexibility index (Phi) is 4.83. The molecule has 0 aliphatic carbocycles. The van der Waals surface area contributed by atoms with Crippen LogP contribution in [0.5, 0.6) is 0 Å². The van der Waals surface area contributed by atoms with Crippen molar-refractivity contribution in [3.05, 3.63) is 65.2 Å². The van der Waals surface area contributed by atoms with E-state index >= 15 is 0 Å². The summed E-state index contributed by atoms with van der Waals surface area (Å²) in [5, 5.41) is 13.1. The van der Waals surface area contributed by atoms with Gasteiger partial charge in [0.25, 0.3) is 0 Å². The lowest BCUT2D eigenvalue weighted by Crippen LogP contribution is -2.17. The van der Waals surface area contributed by atoms with Crippen molar-refractivity contribution in [2.45, 2.75) is 18.9 Å². The summed E-state index contributed by atoms with van der Waals surface area (Å²) in [6.07, 6.45) is 1.67. The Labute approximate surface area is 118 Å². The van der Waals surface area contributed by atoms with Crippen molar-refractivity contribution in [2.75, 3.05) is 5.32 Å². The molecule has 0 radical (unpaired) electrons. The van der Waals surface area contributed by atoms with Gasteiger partial charge < -0.3 is 5.32 Å². The maximum Gasteiger partial charge on any atom is 0.114 e. The van der Waals surface area contributed by atoms with Crippen LogP contribution in [0.3, 0.4) is 0 Å². The number of anilines is 1. The average Bonchev–Trinajstić information content (AvgIpc) is 2.46. The van der Waals surface area contributed by atoms with E-state index in [0.717, 1.165) is 18.5 Å². The first-order chi connectivity index (χ1) is 9.28. The lowest BCUT2D eigenvalue weighted by atomic mass is 10.1. The van der Waals surface area contributed by atoms with Crippen LogP contribution in [0, 0.1) is 11.3 Å². The van der Waals surface area contributed by atoms with Gasteiger partial charge in [0.15, 0.2) is 0 Å². The highest BCUT2D eigenvalue weighted by molar-refractivity contribution is 6.30. The Bertz CT molecular complexity index is 543. The van der Waals surface area contributed by atoms with Crippen LogP contribution in [0.1, 0.15) is 12.0 Å². The third-order valence-electron chi connectivity index (χ3n) is 2.91. The zero-order valence-electron chi connectivity index (χ0n) is 10.5. The zero-order valence-corrected chi connectivity index (χ0v) is 11.3. The predicted molar refractivity (Wildman–Crippen MR) is 79.2 cm³/mol. The lowest BCUT2D eigenvalue weighted by Gasteiger charge is -2.13. The second-order valence-electron chi connectivity index (χ2n) is 4.36. The van der Waals surface area contributed by atoms with Gasteiger partial charge in [-0.2, -0.15) is 5.26 Å². The molecule has 0 aromatic heterocycles. The number of aryl methyl sites for hydroxylation is 1. The highest BCUT2D eigenvalue weighted by Crippen LogP contribution is 2.15. The van der Waals surface area contributed by atoms with Crippen LogP contribution in [-0.2, 0) is 6.42 Å². The minimum atomic E-state index is -0.193. The van der Waals surface area contributed by atoms with Gasteiger partial charge in [0.1, 0.15) is 6.04 Å². The first-order valence-electron chi connectivity index (χ1n) is 6.23. The van der Waals surface area contributed by atoms with E-state index in [4.69, 9.17) is 11.6 Å². The normalized spacial score (nSPS) is 11.6. The highest BCUT2D eigenvalue weighted by atomic mass is 35.5. The molecule has 1 N–H and O–H groups in total. The summed E-state index contributed by atoms with van der Waals surface area (Å²) in [5.74, 6) is 0. The molecule has 96 valence electrons. The Morgan fingerprint density at radius 1 is 1.05 bits per heavy atom. The van der Waals surface area contributed by atoms with Gasteiger partial charge in [-0.3, -0.25) is 0 Å². The van der Waals surface area contributed by atoms with E-state index in [0.29, 0.717) is 5.02 Å². The standard InChI is InChI=1S/C16H15ClN2/c17-14-7-10-15(11-8-14)19-16(12-18)9-6-13-4-2-1-3-5-13/h1-5,7-8,10-11,16,19H,6,9H2. The van der Waals surface area contributed by atoms with E-state index in [1.54, 1.807) is 0 Å². The molecule has 2 rings (SSSR count). The molecule has 0 amide bonds. The molecule has 0 aliphatic heterocycles. The largest absolute Gasteiger partial charge is 0.370 e. The number of hydrogen-bond acceptors (Lipinski definition) is 2. The molecule has 2 nitrogen and oxygen atoms in total. The zero-order chi connectivity index (χ0) is 13.5. The van der Waals surface area contributed by atoms with Crippen molar-refractivity contribution < 1.29 is 0 Å². The maximum atomic E-state index is 9.18. The van der Waals surface area contributed by atoms with Gasteiger partial charge in [0, 0.05) is 10.7 Å². The molecule has 19 heavy (non-hydrogen) atoms. The van der Waals surface area contributed by atoms with Crippen molar-refractivity contribution in [3.63, 3.8) is 0 Å². The number of nitriles is 1. The highest BCUT2D eigenvalue weighted by Gasteiger charge is 2.07. The molecule has 2 aromatic rings. The molecule has 0 fully saturated rings. The predicted octanol–water partition coefficient (Wildman–Crippen LogP) is 4.28. The summed E-state index contributed by atoms with van der Waals surface area (Å²) >= 11 is 5.83. The molecule has 2 aromatic carbocycles. The van der Waals surface area contributed by atoms with Crippen molar-refractivity contribution in [1.29, 1.82) is 5.26 Å². The molecular weight excluding hydrogens is 256 g/mol. The monoisotopic (exact) mass is 270 g/mol. The van der Waals surface area contributed by atoms with Gasteiger partial charge in [0.05, 0.1) is 6.07 Å². The van der Waals surface area contributed by atoms with Crippen molar-refractivity contribution in [3.8, 4) is 6.07 Å². The van der Waals surface area contributed by atoms with E-state index in [1.165, 1.54) is 5.56 Å². The first-order valence-corrected chi connectivity index (χ1v) is 6.61. The Hall–Kier alpha value is -1.98. The van der Waals surface area contributed by atoms with Crippen LogP contribution in [0.2, 0.25) is 5.02 Å². The Balaban J connectivity index is 1.90. The van der Waals surface area contributed by atoms with Gasteiger partial charge in [-0.1, -0.05) is 41.9 Å². The molecule has 0 saturated heterocycles. The van der Waals surface area contributed by atoms with Crippen LogP contribution in [0.4, 0.5) is 5.69 Å². The van der Waals surface area contributed by atoms with E-state index < -0.39 is 0 Å². The second kappa shape index (κ2) is 6.82. The summed E-state index contributed by atoms with van der Waals surface area (Å²) < 4.78 is 0. The molecule has 0 bridgehead atoms. The van der Waals surface area contributed by atoms with Crippen LogP contribution < -0.4 is 5.32 Å². The molecule has 0 heterocycles. The minimum absolute atomic E-state index is 0.193. The van der Waals surface area contributed by atoms with Crippen molar-refractivity contribution in [1.82, 2.24) is 0 Å². The number of nitrogens with one attached hydrogen (secondary N) is 1. The summed E-state index contributed by atoms with van der Waals surface area (Å²) in [5.41, 5.74) is 2.17. The number of hydrogen-bond donors (Lipinski definition) is 1. The fourth-order valence-electron chi connectivity index (χ4n) is 1.87. The number of halogens is 1. The Morgan fingerprint density at radius 2 is 1.74 bits per heavy atom. The third-order valence-corrected chi connectivity index (χ3v) is 3.16. The fraction of sp³-hybridized carbons (Fsp3) is 0.188. The summed E-state index contributed by atoms with van der Waals surface area (Å²) in [6.45, 7) is 0. The summed E-state index contributed by atoms with van der Waals surface area (Å²) in [7, 11) is 0. The molecular formula is C16H15ClN2. The van der Waals surface area contributed by atoms with Gasteiger partial charge in [-0.25, -0.2) is 0 Å². The van der Waals surface area contributed by atoms with Crippen LogP contribution in [0.25, 0.3) is 0 Å². The molecule has 1 unspecified atom stereocenters. The SMILES string of the molecule is N#CC(CCc1ccccc1)Nc1ccc(Cl)cc1. The molecule has 3 heteroatoms. The van der Waals surface area contributed by atoms with E-state index in [-0.39, 0.29) is 6.04 Å². The quantitative estimate of drug-likeness (QED) is 0.880. The summed E-state index contributed by atoms with van der Waals surface area (Å²) in [4.78, 5) is 0. The van der Waals surface area contributed by atoms with Gasteiger partial charge in [-0.15, -0.1) is 0 Å². The third kappa shape index (κ3) is 4.31. The molecule has 0 spiro atoms. The topological polar surface area (TPSA) is 35.8 Å². The van der Waals surface area contributed by atoms with Crippen molar-refractivity contribution >= 4 is 17.3 Å². The molecule has 0 aliphatic rings. The number of benzene rings is 2. The second-order valence-corrected chi connectivity index (χ2v) is 4.79. The van der Waals surface area contributed by atoms with Gasteiger partial charge in [-0.05, 0) is 42.7 Å². The Morgan fingerprint density at radius 3 is 2.37 bits per heavy atom. The van der Waals surface area contributed by atoms with E-state index in [9.17, 15) is 5.26 Å². The van der Waals surface area contributed by atoms with Crippen LogP contribution in [0.15, 0.2) is 54.6 Å². The number of nitrogens with zero attached hydrogens (tertiary/aromatic N) is 1. The maximum absolute atomic E-state index is 9.18. The molecule has 1 atom stereocenters. The van der Waals surface area contributed by atoms with Gasteiger partial charge in [0.2, 0.25) is 0 Å². The molecule has 0 saturated carbocycles. The lowest BCUT2D eigenvalue weighted by molar-refractivity contribution is 0.769. The average molecular weight is 271 g/mol. The smallest absolute Gasteiger partial charge is 0.114 e. The minimum Gasteiger partial charge on any atom is -0.370 e. The summed E-state index contributed by atoms with van der Waals surface area (Å²) in [6, 6.07) is 19.7. The van der Waals surface area contributed by atoms with Gasteiger partial charge >= 0.3 is 0 Å². The number of rotatable bonds is 5.